The molecule has 7 heteroatoms. The molecule has 2 saturated heterocycles. The summed E-state index contributed by atoms with van der Waals surface area (Å²) in [7, 11) is 0. The van der Waals surface area contributed by atoms with E-state index in [2.05, 4.69) is 77.3 Å². The zero-order valence-electron chi connectivity index (χ0n) is 19.8. The predicted molar refractivity (Wildman–Crippen MR) is 137 cm³/mol. The van der Waals surface area contributed by atoms with Gasteiger partial charge in [-0.05, 0) is 51.1 Å². The first-order chi connectivity index (χ1) is 16.0. The molecule has 2 bridgehead atoms. The molecule has 172 valence electrons. The largest absolute Gasteiger partial charge is 0.364 e. The third kappa shape index (κ3) is 4.57. The third-order valence-electron chi connectivity index (χ3n) is 6.83. The molecule has 3 atom stereocenters. The van der Waals surface area contributed by atoms with E-state index in [-0.39, 0.29) is 6.04 Å². The minimum absolute atomic E-state index is 0.167. The first-order valence-electron chi connectivity index (χ1n) is 11.7. The Morgan fingerprint density at radius 1 is 1.00 bits per heavy atom. The van der Waals surface area contributed by atoms with Crippen molar-refractivity contribution in [2.75, 3.05) is 29.6 Å². The van der Waals surface area contributed by atoms with Gasteiger partial charge in [0, 0.05) is 55.1 Å². The highest BCUT2D eigenvalue weighted by Crippen LogP contribution is 2.36. The van der Waals surface area contributed by atoms with E-state index in [4.69, 9.17) is 9.97 Å². The van der Waals surface area contributed by atoms with Crippen LogP contribution in [0.25, 0.3) is 11.3 Å². The van der Waals surface area contributed by atoms with Gasteiger partial charge in [0.1, 0.15) is 11.6 Å². The summed E-state index contributed by atoms with van der Waals surface area (Å²) in [4.78, 5) is 19.4. The standard InChI is InChI=1S/C26H32N6S/c1-17(2)31-15-22-13-21(31)16-32(22)25-14-23(29-26(30-25)33-4)20-10-11-27-24(12-20)28-18(3)19-8-6-5-7-9-19/h5-12,14,17-18,21-22H,13,15-16H2,1-4H3,(H,27,28)/t18-,21-,22-/m0/s1. The fourth-order valence-electron chi connectivity index (χ4n) is 5.13. The number of hydrogen-bond acceptors (Lipinski definition) is 7. The van der Waals surface area contributed by atoms with E-state index in [1.54, 1.807) is 11.8 Å². The fraction of sp³-hybridized carbons (Fsp3) is 0.423. The summed E-state index contributed by atoms with van der Waals surface area (Å²) in [6.07, 6.45) is 5.13. The van der Waals surface area contributed by atoms with E-state index in [0.717, 1.165) is 41.1 Å². The van der Waals surface area contributed by atoms with Crippen molar-refractivity contribution in [2.45, 2.75) is 56.5 Å². The minimum Gasteiger partial charge on any atom is -0.364 e. The van der Waals surface area contributed by atoms with Crippen LogP contribution >= 0.6 is 11.8 Å². The van der Waals surface area contributed by atoms with E-state index in [0.29, 0.717) is 18.1 Å². The Morgan fingerprint density at radius 2 is 1.82 bits per heavy atom. The fourth-order valence-corrected chi connectivity index (χ4v) is 5.50. The quantitative estimate of drug-likeness (QED) is 0.389. The van der Waals surface area contributed by atoms with Crippen LogP contribution in [0.1, 0.15) is 38.8 Å². The van der Waals surface area contributed by atoms with Crippen molar-refractivity contribution in [3.05, 3.63) is 60.3 Å². The lowest BCUT2D eigenvalue weighted by Gasteiger charge is -2.37. The van der Waals surface area contributed by atoms with Crippen LogP contribution in [-0.4, -0.2) is 57.3 Å². The van der Waals surface area contributed by atoms with Gasteiger partial charge in [0.05, 0.1) is 5.69 Å². The maximum absolute atomic E-state index is 4.89. The van der Waals surface area contributed by atoms with Crippen LogP contribution in [0.15, 0.2) is 59.9 Å². The lowest BCUT2D eigenvalue weighted by molar-refractivity contribution is 0.191. The zero-order valence-corrected chi connectivity index (χ0v) is 20.6. The van der Waals surface area contributed by atoms with Gasteiger partial charge in [-0.15, -0.1) is 0 Å². The maximum atomic E-state index is 4.89. The van der Waals surface area contributed by atoms with Gasteiger partial charge < -0.3 is 10.2 Å². The van der Waals surface area contributed by atoms with Crippen molar-refractivity contribution in [3.8, 4) is 11.3 Å². The van der Waals surface area contributed by atoms with Crippen molar-refractivity contribution < 1.29 is 0 Å². The number of aromatic nitrogens is 3. The molecular weight excluding hydrogens is 428 g/mol. The van der Waals surface area contributed by atoms with Gasteiger partial charge >= 0.3 is 0 Å². The highest BCUT2D eigenvalue weighted by Gasteiger charge is 2.44. The Morgan fingerprint density at radius 3 is 2.52 bits per heavy atom. The molecule has 1 N–H and O–H groups in total. The maximum Gasteiger partial charge on any atom is 0.189 e. The first kappa shape index (κ1) is 22.2. The van der Waals surface area contributed by atoms with Gasteiger partial charge in [-0.25, -0.2) is 15.0 Å². The number of likely N-dealkylation sites (tertiary alicyclic amines) is 1. The van der Waals surface area contributed by atoms with Crippen molar-refractivity contribution in [1.29, 1.82) is 0 Å². The third-order valence-corrected chi connectivity index (χ3v) is 7.38. The van der Waals surface area contributed by atoms with Crippen LogP contribution in [0.3, 0.4) is 0 Å². The number of anilines is 2. The number of hydrogen-bond donors (Lipinski definition) is 1. The van der Waals surface area contributed by atoms with Crippen molar-refractivity contribution in [2.24, 2.45) is 0 Å². The van der Waals surface area contributed by atoms with Crippen LogP contribution < -0.4 is 10.2 Å². The molecule has 3 aromatic rings. The second kappa shape index (κ2) is 9.31. The number of pyridine rings is 1. The molecule has 0 spiro atoms. The molecule has 0 aliphatic carbocycles. The zero-order chi connectivity index (χ0) is 22.9. The normalized spacial score (nSPS) is 21.1. The molecule has 1 aromatic carbocycles. The summed E-state index contributed by atoms with van der Waals surface area (Å²) in [5.41, 5.74) is 3.24. The van der Waals surface area contributed by atoms with Gasteiger partial charge in [0.2, 0.25) is 0 Å². The molecular formula is C26H32N6S. The van der Waals surface area contributed by atoms with Crippen LogP contribution in [-0.2, 0) is 0 Å². The first-order valence-corrected chi connectivity index (χ1v) is 13.0. The molecule has 2 aromatic heterocycles. The van der Waals surface area contributed by atoms with Crippen LogP contribution in [0, 0.1) is 0 Å². The highest BCUT2D eigenvalue weighted by molar-refractivity contribution is 7.98. The Balaban J connectivity index is 1.39. The molecule has 5 rings (SSSR count). The van der Waals surface area contributed by atoms with Gasteiger partial charge in [-0.2, -0.15) is 0 Å². The van der Waals surface area contributed by atoms with Gasteiger partial charge in [0.25, 0.3) is 0 Å². The molecule has 0 radical (unpaired) electrons. The number of fused-ring (bicyclic) bond motifs is 2. The van der Waals surface area contributed by atoms with Crippen LogP contribution in [0.2, 0.25) is 0 Å². The average molecular weight is 461 g/mol. The molecule has 2 aliphatic heterocycles. The molecule has 0 amide bonds. The van der Waals surface area contributed by atoms with Gasteiger partial charge in [-0.1, -0.05) is 42.1 Å². The molecule has 2 fully saturated rings. The smallest absolute Gasteiger partial charge is 0.189 e. The lowest BCUT2D eigenvalue weighted by atomic mass is 10.1. The lowest BCUT2D eigenvalue weighted by Crippen LogP contribution is -2.49. The van der Waals surface area contributed by atoms with Gasteiger partial charge in [-0.3, -0.25) is 4.90 Å². The topological polar surface area (TPSA) is 57.2 Å². The average Bonchev–Trinajstić information content (AvgIpc) is 3.46. The number of nitrogens with zero attached hydrogens (tertiary/aromatic N) is 5. The van der Waals surface area contributed by atoms with E-state index >= 15 is 0 Å². The van der Waals surface area contributed by atoms with Gasteiger partial charge in [0.15, 0.2) is 5.16 Å². The molecule has 2 aliphatic rings. The number of piperazine rings is 1. The van der Waals surface area contributed by atoms with Crippen LogP contribution in [0.5, 0.6) is 0 Å². The SMILES string of the molecule is CSc1nc(-c2ccnc(N[C@@H](C)c3ccccc3)c2)cc(N2C[C@@H]3C[C@H]2CN3C(C)C)n1. The molecule has 4 heterocycles. The van der Waals surface area contributed by atoms with Crippen LogP contribution in [0.4, 0.5) is 11.6 Å². The highest BCUT2D eigenvalue weighted by atomic mass is 32.2. The predicted octanol–water partition coefficient (Wildman–Crippen LogP) is 5.10. The van der Waals surface area contributed by atoms with E-state index in [9.17, 15) is 0 Å². The summed E-state index contributed by atoms with van der Waals surface area (Å²) >= 11 is 1.60. The molecule has 33 heavy (non-hydrogen) atoms. The number of thioether (sulfide) groups is 1. The van der Waals surface area contributed by atoms with Crippen molar-refractivity contribution in [3.63, 3.8) is 0 Å². The number of benzene rings is 1. The number of rotatable bonds is 7. The summed E-state index contributed by atoms with van der Waals surface area (Å²) in [5, 5.41) is 4.34. The molecule has 0 unspecified atom stereocenters. The Kier molecular flexibility index (Phi) is 6.25. The minimum atomic E-state index is 0.167. The van der Waals surface area contributed by atoms with Crippen molar-refractivity contribution in [1.82, 2.24) is 19.9 Å². The summed E-state index contributed by atoms with van der Waals surface area (Å²) in [6.45, 7) is 8.92. The summed E-state index contributed by atoms with van der Waals surface area (Å²) in [6, 6.07) is 18.6. The summed E-state index contributed by atoms with van der Waals surface area (Å²) in [5.74, 6) is 1.90. The number of nitrogens with one attached hydrogen (secondary N) is 1. The van der Waals surface area contributed by atoms with E-state index < -0.39 is 0 Å². The second-order valence-corrected chi connectivity index (χ2v) is 10.1. The van der Waals surface area contributed by atoms with E-state index in [1.165, 1.54) is 12.0 Å². The molecule has 0 saturated carbocycles. The van der Waals surface area contributed by atoms with Crippen molar-refractivity contribution >= 4 is 23.4 Å². The van der Waals surface area contributed by atoms with E-state index in [1.807, 2.05) is 24.6 Å². The monoisotopic (exact) mass is 460 g/mol. The molecule has 6 nitrogen and oxygen atoms in total. The Bertz CT molecular complexity index is 1100. The Labute approximate surface area is 200 Å². The second-order valence-electron chi connectivity index (χ2n) is 9.29. The Hall–Kier alpha value is -2.64. The summed E-state index contributed by atoms with van der Waals surface area (Å²) < 4.78 is 0.